The Hall–Kier alpha value is -2.28. The molecular formula is C27H38N2O6P2. The molecule has 0 aliphatic heterocycles. The molecule has 202 valence electrons. The monoisotopic (exact) mass is 548 g/mol. The number of hydrazine groups is 1. The third kappa shape index (κ3) is 7.62. The minimum atomic E-state index is -4.31. The van der Waals surface area contributed by atoms with Gasteiger partial charge in [-0.15, -0.1) is 0 Å². The zero-order chi connectivity index (χ0) is 28.4. The van der Waals surface area contributed by atoms with E-state index in [1.54, 1.807) is 36.4 Å². The maximum atomic E-state index is 13.4. The average Bonchev–Trinajstić information content (AvgIpc) is 2.79. The summed E-state index contributed by atoms with van der Waals surface area (Å²) < 4.78 is 30.6. The van der Waals surface area contributed by atoms with Crippen LogP contribution in [0.25, 0.3) is 11.1 Å². The molecule has 0 aliphatic rings. The zero-order valence-electron chi connectivity index (χ0n) is 22.4. The summed E-state index contributed by atoms with van der Waals surface area (Å²) in [6.45, 7) is 14.5. The smallest absolute Gasteiger partial charge is 0.408 e. The van der Waals surface area contributed by atoms with Crippen molar-refractivity contribution in [2.75, 3.05) is 0 Å². The van der Waals surface area contributed by atoms with E-state index < -0.39 is 15.2 Å². The topological polar surface area (TPSA) is 156 Å². The minimum absolute atomic E-state index is 0.0616. The van der Waals surface area contributed by atoms with E-state index in [4.69, 9.17) is 4.52 Å². The summed E-state index contributed by atoms with van der Waals surface area (Å²) in [5, 5.41) is 0.0966. The largest absolute Gasteiger partial charge is 0.421 e. The highest BCUT2D eigenvalue weighted by Crippen LogP contribution is 2.47. The average molecular weight is 549 g/mol. The van der Waals surface area contributed by atoms with Crippen molar-refractivity contribution in [3.63, 3.8) is 0 Å². The minimum Gasteiger partial charge on any atom is -0.421 e. The molecule has 0 aliphatic carbocycles. The van der Waals surface area contributed by atoms with Gasteiger partial charge in [-0.05, 0) is 70.3 Å². The van der Waals surface area contributed by atoms with E-state index >= 15 is 0 Å². The van der Waals surface area contributed by atoms with Crippen LogP contribution in [0.1, 0.15) is 58.2 Å². The summed E-state index contributed by atoms with van der Waals surface area (Å²) in [7, 11) is -8.51. The van der Waals surface area contributed by atoms with Crippen LogP contribution in [0.15, 0.2) is 60.7 Å². The van der Waals surface area contributed by atoms with Crippen LogP contribution in [0.5, 0.6) is 5.75 Å². The lowest BCUT2D eigenvalue weighted by Crippen LogP contribution is -2.19. The second kappa shape index (κ2) is 11.2. The van der Waals surface area contributed by atoms with Gasteiger partial charge in [0.25, 0.3) is 0 Å². The molecule has 3 aromatic rings. The number of benzene rings is 3. The first kappa shape index (κ1) is 30.9. The van der Waals surface area contributed by atoms with Gasteiger partial charge in [0.15, 0.2) is 0 Å². The van der Waals surface area contributed by atoms with E-state index in [0.717, 1.165) is 27.8 Å². The number of hydrogen-bond acceptors (Lipinski definition) is 5. The van der Waals surface area contributed by atoms with Crippen LogP contribution in [0.4, 0.5) is 0 Å². The van der Waals surface area contributed by atoms with Crippen LogP contribution in [0.3, 0.4) is 0 Å². The lowest BCUT2D eigenvalue weighted by atomic mass is 9.79. The van der Waals surface area contributed by atoms with Gasteiger partial charge < -0.3 is 19.2 Å². The second-order valence-electron chi connectivity index (χ2n) is 10.9. The van der Waals surface area contributed by atoms with Crippen molar-refractivity contribution < 1.29 is 28.3 Å². The zero-order valence-corrected chi connectivity index (χ0v) is 24.2. The maximum Gasteiger partial charge on any atom is 0.408 e. The van der Waals surface area contributed by atoms with Crippen molar-refractivity contribution in [1.82, 2.24) is 0 Å². The van der Waals surface area contributed by atoms with Crippen LogP contribution in [-0.2, 0) is 20.0 Å². The van der Waals surface area contributed by atoms with Gasteiger partial charge in [-0.1, -0.05) is 71.9 Å². The Kier molecular flexibility index (Phi) is 9.38. The predicted molar refractivity (Wildman–Crippen MR) is 151 cm³/mol. The highest BCUT2D eigenvalue weighted by atomic mass is 31.2. The Bertz CT molecular complexity index is 1320. The second-order valence-corrected chi connectivity index (χ2v) is 14.3. The standard InChI is InChI=1S/C27H34O6P2.H4N2/c1-18-16-24(27(5,6)7)25(17-23(18)26(2,3)4)33-35(31,32)22-14-10-20(11-15-22)19-8-12-21(13-9-19)34(28,29)30;1-2/h8-17H,1-7H3,(H,31,32)(H2,28,29,30);1-2H2. The fourth-order valence-corrected chi connectivity index (χ4v) is 5.62. The Morgan fingerprint density at radius 2 is 1.08 bits per heavy atom. The SMILES string of the molecule is Cc1cc(C(C)(C)C)c(OP(=O)(O)c2ccc(-c3ccc(P(=O)(O)O)cc3)cc2)cc1C(C)(C)C.NN. The van der Waals surface area contributed by atoms with Gasteiger partial charge in [0.1, 0.15) is 5.75 Å². The van der Waals surface area contributed by atoms with E-state index in [1.165, 1.54) is 12.1 Å². The molecule has 0 radical (unpaired) electrons. The summed E-state index contributed by atoms with van der Waals surface area (Å²) >= 11 is 0. The third-order valence-corrected chi connectivity index (χ3v) is 8.26. The Morgan fingerprint density at radius 1 is 0.676 bits per heavy atom. The van der Waals surface area contributed by atoms with Gasteiger partial charge in [-0.3, -0.25) is 16.3 Å². The Balaban J connectivity index is 0.00000235. The molecule has 3 aromatic carbocycles. The molecule has 7 N–H and O–H groups in total. The molecule has 10 heteroatoms. The highest BCUT2D eigenvalue weighted by molar-refractivity contribution is 7.61. The number of hydrogen-bond donors (Lipinski definition) is 5. The Morgan fingerprint density at radius 3 is 1.46 bits per heavy atom. The van der Waals surface area contributed by atoms with Gasteiger partial charge in [0, 0.05) is 5.56 Å². The van der Waals surface area contributed by atoms with Crippen LogP contribution in [-0.4, -0.2) is 14.7 Å². The molecule has 0 heterocycles. The van der Waals surface area contributed by atoms with E-state index in [-0.39, 0.29) is 21.4 Å². The van der Waals surface area contributed by atoms with Crippen LogP contribution >= 0.6 is 15.2 Å². The van der Waals surface area contributed by atoms with Gasteiger partial charge in [-0.2, -0.15) is 0 Å². The molecule has 0 fully saturated rings. The molecule has 8 nitrogen and oxygen atoms in total. The first-order valence-corrected chi connectivity index (χ1v) is 14.9. The molecule has 0 bridgehead atoms. The molecule has 0 saturated heterocycles. The van der Waals surface area contributed by atoms with E-state index in [1.807, 2.05) is 39.8 Å². The molecule has 0 aromatic heterocycles. The van der Waals surface area contributed by atoms with Gasteiger partial charge in [0.2, 0.25) is 0 Å². The van der Waals surface area contributed by atoms with Crippen molar-refractivity contribution in [2.45, 2.75) is 59.3 Å². The van der Waals surface area contributed by atoms with Crippen molar-refractivity contribution in [2.24, 2.45) is 11.7 Å². The molecule has 1 atom stereocenters. The van der Waals surface area contributed by atoms with Gasteiger partial charge in [0.05, 0.1) is 10.6 Å². The van der Waals surface area contributed by atoms with Gasteiger partial charge in [-0.25, -0.2) is 4.57 Å². The van der Waals surface area contributed by atoms with Crippen molar-refractivity contribution in [3.8, 4) is 16.9 Å². The van der Waals surface area contributed by atoms with E-state index in [0.29, 0.717) is 5.75 Å². The number of rotatable bonds is 5. The molecule has 3 rings (SSSR count). The van der Waals surface area contributed by atoms with Crippen molar-refractivity contribution in [3.05, 3.63) is 77.4 Å². The summed E-state index contributed by atoms with van der Waals surface area (Å²) in [6, 6.07) is 16.4. The van der Waals surface area contributed by atoms with Crippen LogP contribution in [0.2, 0.25) is 0 Å². The number of nitrogens with two attached hydrogens (primary N) is 2. The maximum absolute atomic E-state index is 13.4. The lowest BCUT2D eigenvalue weighted by molar-refractivity contribution is 0.385. The predicted octanol–water partition coefficient (Wildman–Crippen LogP) is 4.77. The molecule has 0 spiro atoms. The first-order chi connectivity index (χ1) is 16.9. The molecule has 37 heavy (non-hydrogen) atoms. The van der Waals surface area contributed by atoms with E-state index in [2.05, 4.69) is 32.5 Å². The molecule has 1 unspecified atom stereocenters. The number of aryl methyl sites for hydroxylation is 1. The Labute approximate surface area is 219 Å². The molecule has 0 saturated carbocycles. The molecule has 0 amide bonds. The highest BCUT2D eigenvalue weighted by Gasteiger charge is 2.30. The quantitative estimate of drug-likeness (QED) is 0.173. The summed E-state index contributed by atoms with van der Waals surface area (Å²) in [5.41, 5.74) is 4.04. The van der Waals surface area contributed by atoms with Crippen molar-refractivity contribution >= 4 is 25.8 Å². The summed E-state index contributed by atoms with van der Waals surface area (Å²) in [6.07, 6.45) is 0. The summed E-state index contributed by atoms with van der Waals surface area (Å²) in [4.78, 5) is 29.5. The van der Waals surface area contributed by atoms with Crippen LogP contribution < -0.4 is 26.8 Å². The third-order valence-electron chi connectivity index (χ3n) is 5.90. The fraction of sp³-hybridized carbons (Fsp3) is 0.333. The molecular weight excluding hydrogens is 510 g/mol. The van der Waals surface area contributed by atoms with Crippen molar-refractivity contribution in [1.29, 1.82) is 0 Å². The fourth-order valence-electron chi connectivity index (χ4n) is 4.03. The first-order valence-electron chi connectivity index (χ1n) is 11.7. The summed E-state index contributed by atoms with van der Waals surface area (Å²) in [5.74, 6) is 8.40. The lowest BCUT2D eigenvalue weighted by Gasteiger charge is -2.29. The van der Waals surface area contributed by atoms with Gasteiger partial charge >= 0.3 is 15.2 Å². The normalized spacial score (nSPS) is 13.8. The van der Waals surface area contributed by atoms with E-state index in [9.17, 15) is 23.8 Å². The van der Waals surface area contributed by atoms with Crippen LogP contribution in [0, 0.1) is 6.92 Å².